The summed E-state index contributed by atoms with van der Waals surface area (Å²) in [6.07, 6.45) is 7.80. The van der Waals surface area contributed by atoms with Crippen molar-refractivity contribution >= 4 is 0 Å². The van der Waals surface area contributed by atoms with Crippen molar-refractivity contribution in [1.82, 2.24) is 5.32 Å². The molecule has 1 spiro atoms. The van der Waals surface area contributed by atoms with Crippen LogP contribution in [0.1, 0.15) is 59.3 Å². The molecule has 0 radical (unpaired) electrons. The molecule has 1 saturated carbocycles. The number of hydrogen-bond donors (Lipinski definition) is 1. The van der Waals surface area contributed by atoms with Crippen molar-refractivity contribution in [3.05, 3.63) is 0 Å². The normalized spacial score (nSPS) is 38.8. The lowest BCUT2D eigenvalue weighted by Crippen LogP contribution is -2.49. The van der Waals surface area contributed by atoms with Crippen LogP contribution in [0.3, 0.4) is 0 Å². The molecule has 2 rings (SSSR count). The van der Waals surface area contributed by atoms with Crippen molar-refractivity contribution in [2.45, 2.75) is 70.9 Å². The van der Waals surface area contributed by atoms with E-state index in [0.717, 1.165) is 25.0 Å². The van der Waals surface area contributed by atoms with E-state index in [4.69, 9.17) is 4.74 Å². The highest BCUT2D eigenvalue weighted by Crippen LogP contribution is 2.43. The van der Waals surface area contributed by atoms with Gasteiger partial charge < -0.3 is 10.1 Å². The van der Waals surface area contributed by atoms with E-state index in [1.165, 1.54) is 38.5 Å². The Morgan fingerprint density at radius 3 is 2.82 bits per heavy atom. The van der Waals surface area contributed by atoms with Crippen LogP contribution in [-0.2, 0) is 4.74 Å². The highest BCUT2D eigenvalue weighted by molar-refractivity contribution is 4.94. The van der Waals surface area contributed by atoms with Gasteiger partial charge in [0.15, 0.2) is 0 Å². The molecule has 1 aliphatic heterocycles. The first-order valence-electron chi connectivity index (χ1n) is 7.52. The van der Waals surface area contributed by atoms with Crippen LogP contribution in [-0.4, -0.2) is 24.8 Å². The molecule has 0 aromatic rings. The van der Waals surface area contributed by atoms with Gasteiger partial charge in [0.25, 0.3) is 0 Å². The van der Waals surface area contributed by atoms with Crippen molar-refractivity contribution in [2.75, 3.05) is 13.2 Å². The summed E-state index contributed by atoms with van der Waals surface area (Å²) in [5.41, 5.74) is 0.221. The lowest BCUT2D eigenvalue weighted by atomic mass is 9.70. The van der Waals surface area contributed by atoms with Gasteiger partial charge >= 0.3 is 0 Å². The first-order valence-corrected chi connectivity index (χ1v) is 7.52. The zero-order valence-electron chi connectivity index (χ0n) is 11.8. The molecule has 1 heterocycles. The summed E-state index contributed by atoms with van der Waals surface area (Å²) in [4.78, 5) is 0. The Bertz CT molecular complexity index is 235. The maximum absolute atomic E-state index is 6.22. The second-order valence-electron chi connectivity index (χ2n) is 6.38. The SMILES string of the molecule is CCNC1CCOC2(CCCC(C(C)C)C2)C1. The molecule has 0 bridgehead atoms. The van der Waals surface area contributed by atoms with Crippen LogP contribution < -0.4 is 5.32 Å². The first kappa shape index (κ1) is 13.4. The van der Waals surface area contributed by atoms with Crippen LogP contribution in [0.15, 0.2) is 0 Å². The molecule has 100 valence electrons. The van der Waals surface area contributed by atoms with Gasteiger partial charge in [-0.25, -0.2) is 0 Å². The molecule has 3 atom stereocenters. The molecule has 2 heteroatoms. The van der Waals surface area contributed by atoms with Crippen LogP contribution in [0.2, 0.25) is 0 Å². The van der Waals surface area contributed by atoms with Gasteiger partial charge in [-0.2, -0.15) is 0 Å². The largest absolute Gasteiger partial charge is 0.375 e. The zero-order chi connectivity index (χ0) is 12.3. The van der Waals surface area contributed by atoms with Crippen molar-refractivity contribution in [3.63, 3.8) is 0 Å². The first-order chi connectivity index (χ1) is 8.15. The van der Waals surface area contributed by atoms with Crippen LogP contribution in [0.4, 0.5) is 0 Å². The van der Waals surface area contributed by atoms with Crippen LogP contribution >= 0.6 is 0 Å². The fourth-order valence-corrected chi connectivity index (χ4v) is 3.74. The average Bonchev–Trinajstić information content (AvgIpc) is 2.29. The third kappa shape index (κ3) is 3.23. The quantitative estimate of drug-likeness (QED) is 0.815. The minimum atomic E-state index is 0.221. The fraction of sp³-hybridized carbons (Fsp3) is 1.00. The van der Waals surface area contributed by atoms with Gasteiger partial charge in [-0.3, -0.25) is 0 Å². The van der Waals surface area contributed by atoms with E-state index < -0.39 is 0 Å². The standard InChI is InChI=1S/C15H29NO/c1-4-16-14-7-9-17-15(11-14)8-5-6-13(10-15)12(2)3/h12-14,16H,4-11H2,1-3H3. The summed E-state index contributed by atoms with van der Waals surface area (Å²) in [5, 5.41) is 3.62. The Labute approximate surface area is 107 Å². The highest BCUT2D eigenvalue weighted by Gasteiger charge is 2.41. The van der Waals surface area contributed by atoms with Gasteiger partial charge in [0.05, 0.1) is 5.60 Å². The number of rotatable bonds is 3. The zero-order valence-corrected chi connectivity index (χ0v) is 11.8. The summed E-state index contributed by atoms with van der Waals surface area (Å²) in [6.45, 7) is 9.00. The molecular formula is C15H29NO. The van der Waals surface area contributed by atoms with Gasteiger partial charge in [-0.05, 0) is 50.5 Å². The lowest BCUT2D eigenvalue weighted by molar-refractivity contribution is -0.123. The van der Waals surface area contributed by atoms with E-state index in [2.05, 4.69) is 26.1 Å². The van der Waals surface area contributed by atoms with Crippen molar-refractivity contribution in [1.29, 1.82) is 0 Å². The second-order valence-corrected chi connectivity index (χ2v) is 6.38. The maximum atomic E-state index is 6.22. The third-order valence-corrected chi connectivity index (χ3v) is 4.77. The minimum Gasteiger partial charge on any atom is -0.375 e. The second kappa shape index (κ2) is 5.71. The molecule has 2 aliphatic rings. The van der Waals surface area contributed by atoms with Crippen molar-refractivity contribution in [3.8, 4) is 0 Å². The predicted octanol–water partition coefficient (Wildman–Crippen LogP) is 3.36. The molecule has 1 aliphatic carbocycles. The van der Waals surface area contributed by atoms with E-state index in [1.54, 1.807) is 0 Å². The summed E-state index contributed by atoms with van der Waals surface area (Å²) >= 11 is 0. The molecule has 17 heavy (non-hydrogen) atoms. The maximum Gasteiger partial charge on any atom is 0.0700 e. The summed E-state index contributed by atoms with van der Waals surface area (Å²) in [6, 6.07) is 0.694. The Morgan fingerprint density at radius 2 is 2.12 bits per heavy atom. The lowest BCUT2D eigenvalue weighted by Gasteiger charge is -2.47. The fourth-order valence-electron chi connectivity index (χ4n) is 3.74. The number of nitrogens with one attached hydrogen (secondary N) is 1. The van der Waals surface area contributed by atoms with E-state index in [1.807, 2.05) is 0 Å². The molecule has 3 unspecified atom stereocenters. The smallest absolute Gasteiger partial charge is 0.0700 e. The molecule has 0 amide bonds. The van der Waals surface area contributed by atoms with E-state index in [0.29, 0.717) is 6.04 Å². The van der Waals surface area contributed by atoms with Gasteiger partial charge in [-0.1, -0.05) is 27.2 Å². The summed E-state index contributed by atoms with van der Waals surface area (Å²) in [7, 11) is 0. The molecule has 1 N–H and O–H groups in total. The molecule has 2 fully saturated rings. The van der Waals surface area contributed by atoms with Crippen LogP contribution in [0.25, 0.3) is 0 Å². The Kier molecular flexibility index (Phi) is 4.48. The molecule has 0 aromatic carbocycles. The monoisotopic (exact) mass is 239 g/mol. The highest BCUT2D eigenvalue weighted by atomic mass is 16.5. The van der Waals surface area contributed by atoms with Gasteiger partial charge in [0, 0.05) is 12.6 Å². The Morgan fingerprint density at radius 1 is 1.29 bits per heavy atom. The molecule has 2 nitrogen and oxygen atoms in total. The third-order valence-electron chi connectivity index (χ3n) is 4.77. The number of hydrogen-bond acceptors (Lipinski definition) is 2. The topological polar surface area (TPSA) is 21.3 Å². The van der Waals surface area contributed by atoms with E-state index in [-0.39, 0.29) is 5.60 Å². The summed E-state index contributed by atoms with van der Waals surface area (Å²) in [5.74, 6) is 1.69. The predicted molar refractivity (Wildman–Crippen MR) is 72.2 cm³/mol. The van der Waals surface area contributed by atoms with E-state index >= 15 is 0 Å². The summed E-state index contributed by atoms with van der Waals surface area (Å²) < 4.78 is 6.22. The number of ether oxygens (including phenoxy) is 1. The van der Waals surface area contributed by atoms with Crippen LogP contribution in [0.5, 0.6) is 0 Å². The molecule has 1 saturated heterocycles. The Balaban J connectivity index is 1.97. The van der Waals surface area contributed by atoms with Gasteiger partial charge in [0.1, 0.15) is 0 Å². The average molecular weight is 239 g/mol. The molecular weight excluding hydrogens is 210 g/mol. The Hall–Kier alpha value is -0.0800. The van der Waals surface area contributed by atoms with Crippen molar-refractivity contribution < 1.29 is 4.74 Å². The molecule has 0 aromatic heterocycles. The minimum absolute atomic E-state index is 0.221. The van der Waals surface area contributed by atoms with Gasteiger partial charge in [0.2, 0.25) is 0 Å². The van der Waals surface area contributed by atoms with E-state index in [9.17, 15) is 0 Å². The van der Waals surface area contributed by atoms with Gasteiger partial charge in [-0.15, -0.1) is 0 Å². The van der Waals surface area contributed by atoms with Crippen LogP contribution in [0, 0.1) is 11.8 Å². The van der Waals surface area contributed by atoms with Crippen molar-refractivity contribution in [2.24, 2.45) is 11.8 Å².